The highest BCUT2D eigenvalue weighted by Gasteiger charge is 2.79. The van der Waals surface area contributed by atoms with Crippen molar-refractivity contribution in [3.05, 3.63) is 63.6 Å². The van der Waals surface area contributed by atoms with Gasteiger partial charge in [0.05, 0.1) is 25.2 Å². The van der Waals surface area contributed by atoms with E-state index in [1.807, 2.05) is 12.1 Å². The van der Waals surface area contributed by atoms with E-state index in [0.717, 1.165) is 0 Å². The Balaban J connectivity index is 1.13. The van der Waals surface area contributed by atoms with E-state index in [4.69, 9.17) is 9.47 Å². The Morgan fingerprint density at radius 2 is 0.513 bits per heavy atom. The molecule has 29 aromatic rings. The van der Waals surface area contributed by atoms with Crippen LogP contribution in [0.2, 0.25) is 0 Å². The summed E-state index contributed by atoms with van der Waals surface area (Å²) in [6.07, 6.45) is 0. The van der Waals surface area contributed by atoms with E-state index >= 15 is 14.0 Å². The van der Waals surface area contributed by atoms with Crippen molar-refractivity contribution in [2.75, 3.05) is 19.1 Å². The van der Waals surface area contributed by atoms with Gasteiger partial charge in [0, 0.05) is 16.8 Å². The van der Waals surface area contributed by atoms with Gasteiger partial charge in [0.2, 0.25) is 0 Å². The summed E-state index contributed by atoms with van der Waals surface area (Å²) < 4.78 is 28.3. The predicted octanol–water partition coefficient (Wildman–Crippen LogP) is 17.5. The minimum absolute atomic E-state index is 0.200. The highest BCUT2D eigenvalue weighted by atomic mass is 19.1. The van der Waals surface area contributed by atoms with Crippen LogP contribution in [0, 0.1) is 5.82 Å². The van der Waals surface area contributed by atoms with Gasteiger partial charge in [-0.2, -0.15) is 0 Å². The number of anilines is 1. The molecule has 334 valence electrons. The van der Waals surface area contributed by atoms with Crippen molar-refractivity contribution in [3.8, 4) is 0 Å². The molecule has 1 heterocycles. The fraction of sp³-hybridized carbons (Fsp3) is 0.0556. The predicted molar refractivity (Wildman–Crippen MR) is 314 cm³/mol. The molecule has 0 fully saturated rings. The lowest BCUT2D eigenvalue weighted by molar-refractivity contribution is -0.139. The third-order valence-electron chi connectivity index (χ3n) is 26.3. The maximum Gasteiger partial charge on any atom is 0.355 e. The molecule has 6 heteroatoms. The van der Waals surface area contributed by atoms with E-state index in [9.17, 15) is 0 Å². The number of hydrogen-bond donors (Lipinski definition) is 0. The molecule has 0 aromatic heterocycles. The molecule has 0 bridgehead atoms. The molecule has 0 saturated heterocycles. The van der Waals surface area contributed by atoms with Gasteiger partial charge in [0.15, 0.2) is 0 Å². The fourth-order valence-corrected chi connectivity index (χ4v) is 26.0. The third kappa shape index (κ3) is 1.67. The zero-order chi connectivity index (χ0) is 47.8. The Morgan fingerprint density at radius 3 is 0.731 bits per heavy atom. The molecule has 78 heavy (non-hydrogen) atoms. The van der Waals surface area contributed by atoms with Gasteiger partial charge in [-0.1, -0.05) is 0 Å². The van der Waals surface area contributed by atoms with Crippen LogP contribution in [-0.2, 0) is 30.0 Å². The first-order chi connectivity index (χ1) is 38.6. The van der Waals surface area contributed by atoms with Crippen molar-refractivity contribution in [1.29, 1.82) is 0 Å². The molecule has 2 spiro atoms. The molecule has 4 aliphatic carbocycles. The number of nitrogens with zero attached hydrogens (tertiary/aromatic N) is 1. The minimum Gasteiger partial charge on any atom is -0.466 e. The fourth-order valence-electron chi connectivity index (χ4n) is 26.0. The van der Waals surface area contributed by atoms with E-state index in [0.29, 0.717) is 11.3 Å². The Kier molecular flexibility index (Phi) is 2.79. The van der Waals surface area contributed by atoms with Crippen LogP contribution in [0.4, 0.5) is 10.1 Å². The van der Waals surface area contributed by atoms with Gasteiger partial charge in [-0.25, -0.2) is 14.0 Å². The van der Waals surface area contributed by atoms with Crippen LogP contribution < -0.4 is 4.90 Å². The molecule has 29 aromatic carbocycles. The SMILES string of the molecule is COC(=O)C1=C(C(=O)OC)C23c4c5c6c7c8c9c(c%10c%11c2c2c4c4c%12c5c5c6c6c8c8c%13c9c9c%10c%10c%11c%11c2c2c4c4c%12c%12c5c5c6c8c6c8c%13c9c9c%10c%10c%11c2c2c4c4c%12c5c6c5c8c9c%10c2c45)C73N1c1ccc(F)cc1. The molecule has 0 atom stereocenters. The van der Waals surface area contributed by atoms with Crippen LogP contribution in [0.5, 0.6) is 0 Å². The van der Waals surface area contributed by atoms with E-state index < -0.39 is 22.9 Å². The molecule has 0 unspecified atom stereocenters. The van der Waals surface area contributed by atoms with Gasteiger partial charge in [0.25, 0.3) is 0 Å². The van der Waals surface area contributed by atoms with E-state index in [-0.39, 0.29) is 11.5 Å². The number of hydrogen-bond acceptors (Lipinski definition) is 5. The second-order valence-corrected chi connectivity index (χ2v) is 26.7. The average molecular weight is 972 g/mol. The Morgan fingerprint density at radius 1 is 0.308 bits per heavy atom. The highest BCUT2D eigenvalue weighted by Crippen LogP contribution is 2.87. The van der Waals surface area contributed by atoms with Crippen LogP contribution in [0.15, 0.2) is 35.5 Å². The first-order valence-corrected chi connectivity index (χ1v) is 27.8. The number of halogens is 1. The van der Waals surface area contributed by atoms with Gasteiger partial charge in [-0.3, -0.25) is 0 Å². The summed E-state index contributed by atoms with van der Waals surface area (Å²) in [5.41, 5.74) is 3.49. The molecule has 0 N–H and O–H groups in total. The van der Waals surface area contributed by atoms with Crippen molar-refractivity contribution in [2.24, 2.45) is 0 Å². The summed E-state index contributed by atoms with van der Waals surface area (Å²) >= 11 is 0. The summed E-state index contributed by atoms with van der Waals surface area (Å²) in [5, 5.41) is 77.5. The van der Waals surface area contributed by atoms with E-state index in [2.05, 4.69) is 4.90 Å². The number of benzene rings is 19. The number of esters is 2. The van der Waals surface area contributed by atoms with Crippen molar-refractivity contribution < 1.29 is 23.5 Å². The lowest BCUT2D eigenvalue weighted by Crippen LogP contribution is -2.58. The second kappa shape index (κ2) is 7.10. The molecule has 34 rings (SSSR count). The molecule has 5 aliphatic rings. The largest absolute Gasteiger partial charge is 0.466 e. The summed E-state index contributed by atoms with van der Waals surface area (Å²) in [4.78, 5) is 34.7. The Bertz CT molecular complexity index is 7670. The van der Waals surface area contributed by atoms with Crippen molar-refractivity contribution in [2.45, 2.75) is 11.0 Å². The Labute approximate surface area is 423 Å². The van der Waals surface area contributed by atoms with Gasteiger partial charge in [-0.15, -0.1) is 0 Å². The van der Waals surface area contributed by atoms with Gasteiger partial charge in [-0.05, 0) is 326 Å². The summed E-state index contributed by atoms with van der Waals surface area (Å²) in [6.45, 7) is 0. The molecule has 0 amide bonds. The lowest BCUT2D eigenvalue weighted by atomic mass is 9.51. The molecule has 1 aliphatic heterocycles. The zero-order valence-electron chi connectivity index (χ0n) is 39.8. The van der Waals surface area contributed by atoms with Crippen LogP contribution in [0.3, 0.4) is 0 Å². The number of carbonyl (C=O) groups excluding carboxylic acids is 2. The maximum absolute atomic E-state index is 16.4. The van der Waals surface area contributed by atoms with Gasteiger partial charge >= 0.3 is 11.9 Å². The van der Waals surface area contributed by atoms with E-state index in [1.54, 1.807) is 10.8 Å². The van der Waals surface area contributed by atoms with E-state index in [1.165, 1.54) is 329 Å². The Hall–Kier alpha value is -9.91. The van der Waals surface area contributed by atoms with Crippen LogP contribution >= 0.6 is 0 Å². The summed E-state index contributed by atoms with van der Waals surface area (Å²) in [6, 6.07) is 6.80. The summed E-state index contributed by atoms with van der Waals surface area (Å²) in [7, 11) is 2.96. The summed E-state index contributed by atoms with van der Waals surface area (Å²) in [5.74, 6) is -1.46. The molecular formula is C72H10FNO4. The monoisotopic (exact) mass is 971 g/mol. The second-order valence-electron chi connectivity index (χ2n) is 26.7. The normalized spacial score (nSPS) is 21.4. The van der Waals surface area contributed by atoms with Crippen molar-refractivity contribution >= 4 is 308 Å². The average Bonchev–Trinajstić information content (AvgIpc) is 1.76. The molecule has 5 nitrogen and oxygen atoms in total. The van der Waals surface area contributed by atoms with Crippen molar-refractivity contribution in [3.63, 3.8) is 0 Å². The van der Waals surface area contributed by atoms with Crippen LogP contribution in [-0.4, -0.2) is 26.2 Å². The van der Waals surface area contributed by atoms with Gasteiger partial charge in [0.1, 0.15) is 17.1 Å². The maximum atomic E-state index is 16.4. The standard InChI is InChI=1S/C72H10FNO4/c1-77-69(75)67-68(70(76)78-2)74(8-5-3-7(73)4-6-8)72-65-59-53-43-31-23-15-11-9-10-13-17(15)25(31)35-29-21(13)22-14(10)18-16-12(9)20-19(11)27-33(23)41-47-37(27)38-28(20)34-24(16)32-26(18)36-30(22)40-39(29)51(45(35)53)61(65)62-52(40)46(36)54-44(32)50-42(34)48(38)56-55(47)63(57(59)49(41)43)71(67,72)64(56)58(50)60(54)66(62)72/h3-6H,1-2H3. The topological polar surface area (TPSA) is 55.8 Å². The first-order valence-electron chi connectivity index (χ1n) is 27.8. The molecular weight excluding hydrogens is 962 g/mol. The minimum atomic E-state index is -1.30. The lowest BCUT2D eigenvalue weighted by Gasteiger charge is -2.54. The number of carbonyl (C=O) groups is 2. The number of ether oxygens (including phenoxy) is 2. The van der Waals surface area contributed by atoms with Crippen LogP contribution in [0.1, 0.15) is 22.3 Å². The quantitative estimate of drug-likeness (QED) is 0.130. The number of rotatable bonds is 3. The number of methoxy groups -OCH3 is 2. The molecule has 0 radical (unpaired) electrons. The highest BCUT2D eigenvalue weighted by molar-refractivity contribution is 6.82. The third-order valence-corrected chi connectivity index (χ3v) is 26.3. The molecule has 0 saturated carbocycles. The smallest absolute Gasteiger partial charge is 0.355 e. The van der Waals surface area contributed by atoms with Crippen molar-refractivity contribution in [1.82, 2.24) is 0 Å². The van der Waals surface area contributed by atoms with Gasteiger partial charge < -0.3 is 14.4 Å². The van der Waals surface area contributed by atoms with Crippen LogP contribution in [0.25, 0.3) is 291 Å². The zero-order valence-corrected chi connectivity index (χ0v) is 39.8. The first kappa shape index (κ1) is 30.6.